The highest BCUT2D eigenvalue weighted by molar-refractivity contribution is 5.86. The molecule has 0 aliphatic rings. The molecule has 7 heteroatoms. The first kappa shape index (κ1) is 16.8. The number of hydrazone groups is 1. The molecule has 0 saturated heterocycles. The van der Waals surface area contributed by atoms with Gasteiger partial charge in [0.2, 0.25) is 5.82 Å². The van der Waals surface area contributed by atoms with E-state index in [2.05, 4.69) is 39.8 Å². The number of carbonyl (C=O) groups excluding carboxylic acids is 1. The van der Waals surface area contributed by atoms with E-state index in [1.54, 1.807) is 0 Å². The highest BCUT2D eigenvalue weighted by Gasteiger charge is 2.09. The first-order valence-electron chi connectivity index (χ1n) is 7.90. The molecule has 2 rings (SSSR count). The number of benzene rings is 1. The molecule has 0 bridgehead atoms. The van der Waals surface area contributed by atoms with E-state index in [1.807, 2.05) is 30.3 Å². The van der Waals surface area contributed by atoms with Crippen molar-refractivity contribution in [1.82, 2.24) is 25.6 Å². The van der Waals surface area contributed by atoms with Crippen molar-refractivity contribution in [1.29, 1.82) is 0 Å². The van der Waals surface area contributed by atoms with Crippen LogP contribution >= 0.6 is 0 Å². The van der Waals surface area contributed by atoms with Crippen molar-refractivity contribution in [3.63, 3.8) is 0 Å². The van der Waals surface area contributed by atoms with E-state index in [-0.39, 0.29) is 12.5 Å². The van der Waals surface area contributed by atoms with Crippen LogP contribution in [0, 0.1) is 0 Å². The summed E-state index contributed by atoms with van der Waals surface area (Å²) in [6.45, 7) is 4.18. The third-order valence-electron chi connectivity index (χ3n) is 3.19. The van der Waals surface area contributed by atoms with E-state index in [9.17, 15) is 4.79 Å². The smallest absolute Gasteiger partial charge is 0.263 e. The van der Waals surface area contributed by atoms with Crippen LogP contribution in [0.5, 0.6) is 0 Å². The minimum atomic E-state index is -0.258. The molecular weight excluding hydrogens is 292 g/mol. The first-order chi connectivity index (χ1) is 11.2. The van der Waals surface area contributed by atoms with Crippen molar-refractivity contribution in [3.05, 3.63) is 30.3 Å². The molecule has 1 aromatic heterocycles. The van der Waals surface area contributed by atoms with Crippen molar-refractivity contribution in [2.24, 2.45) is 5.10 Å². The van der Waals surface area contributed by atoms with Gasteiger partial charge in [0.25, 0.3) is 5.91 Å². The van der Waals surface area contributed by atoms with Crippen molar-refractivity contribution in [2.75, 3.05) is 0 Å². The van der Waals surface area contributed by atoms with Crippen LogP contribution in [0.2, 0.25) is 0 Å². The maximum Gasteiger partial charge on any atom is 0.263 e. The number of hydrogen-bond acceptors (Lipinski definition) is 5. The summed E-state index contributed by atoms with van der Waals surface area (Å²) in [6, 6.07) is 9.52. The van der Waals surface area contributed by atoms with Crippen LogP contribution in [-0.2, 0) is 11.3 Å². The minimum absolute atomic E-state index is 0.00510. The summed E-state index contributed by atoms with van der Waals surface area (Å²) in [7, 11) is 0. The van der Waals surface area contributed by atoms with E-state index in [0.717, 1.165) is 37.0 Å². The predicted octanol–water partition coefficient (Wildman–Crippen LogP) is 2.41. The van der Waals surface area contributed by atoms with Crippen LogP contribution in [0.25, 0.3) is 11.4 Å². The Morgan fingerprint density at radius 2 is 1.87 bits per heavy atom. The zero-order chi connectivity index (χ0) is 16.5. The lowest BCUT2D eigenvalue weighted by Crippen LogP contribution is -2.25. The Morgan fingerprint density at radius 3 is 2.52 bits per heavy atom. The molecule has 1 heterocycles. The third kappa shape index (κ3) is 5.28. The Balaban J connectivity index is 1.93. The lowest BCUT2D eigenvalue weighted by molar-refractivity contribution is -0.122. The van der Waals surface area contributed by atoms with E-state index in [1.165, 1.54) is 4.80 Å². The summed E-state index contributed by atoms with van der Waals surface area (Å²) in [4.78, 5) is 13.2. The number of amides is 1. The van der Waals surface area contributed by atoms with Gasteiger partial charge in [-0.15, -0.1) is 10.2 Å². The standard InChI is InChI=1S/C16H22N6O/c1-3-8-14(9-4-2)17-18-15(23)12-22-20-16(19-21-22)13-10-6-5-7-11-13/h5-7,10-11H,3-4,8-9,12H2,1-2H3,(H,18,23). The monoisotopic (exact) mass is 314 g/mol. The molecule has 0 atom stereocenters. The topological polar surface area (TPSA) is 85.1 Å². The normalized spacial score (nSPS) is 10.3. The molecule has 0 aliphatic carbocycles. The Labute approximate surface area is 135 Å². The quantitative estimate of drug-likeness (QED) is 0.599. The molecule has 2 aromatic rings. The molecule has 1 amide bonds. The summed E-state index contributed by atoms with van der Waals surface area (Å²) >= 11 is 0. The maximum absolute atomic E-state index is 11.9. The number of nitrogens with one attached hydrogen (secondary N) is 1. The molecule has 0 spiro atoms. The van der Waals surface area contributed by atoms with E-state index < -0.39 is 0 Å². The zero-order valence-electron chi connectivity index (χ0n) is 13.6. The number of carbonyl (C=O) groups is 1. The predicted molar refractivity (Wildman–Crippen MR) is 88.6 cm³/mol. The molecular formula is C16H22N6O. The number of hydrogen-bond donors (Lipinski definition) is 1. The molecule has 1 aromatic carbocycles. The van der Waals surface area contributed by atoms with Crippen molar-refractivity contribution >= 4 is 11.6 Å². The minimum Gasteiger partial charge on any atom is -0.271 e. The second-order valence-electron chi connectivity index (χ2n) is 5.22. The van der Waals surface area contributed by atoms with Gasteiger partial charge in [-0.2, -0.15) is 9.90 Å². The van der Waals surface area contributed by atoms with Crippen molar-refractivity contribution in [3.8, 4) is 11.4 Å². The fourth-order valence-corrected chi connectivity index (χ4v) is 2.13. The Morgan fingerprint density at radius 1 is 1.17 bits per heavy atom. The largest absolute Gasteiger partial charge is 0.271 e. The Bertz CT molecular complexity index is 642. The SMILES string of the molecule is CCCC(CCC)=NNC(=O)Cn1nnc(-c2ccccc2)n1. The number of tetrazole rings is 1. The molecule has 23 heavy (non-hydrogen) atoms. The third-order valence-corrected chi connectivity index (χ3v) is 3.19. The van der Waals surface area contributed by atoms with Crippen LogP contribution in [0.15, 0.2) is 35.4 Å². The lowest BCUT2D eigenvalue weighted by atomic mass is 10.1. The fourth-order valence-electron chi connectivity index (χ4n) is 2.13. The Kier molecular flexibility index (Phi) is 6.40. The van der Waals surface area contributed by atoms with Crippen LogP contribution < -0.4 is 5.43 Å². The van der Waals surface area contributed by atoms with Gasteiger partial charge in [0.1, 0.15) is 6.54 Å². The van der Waals surface area contributed by atoms with Crippen LogP contribution in [0.4, 0.5) is 0 Å². The van der Waals surface area contributed by atoms with Crippen LogP contribution in [-0.4, -0.2) is 31.8 Å². The van der Waals surface area contributed by atoms with Crippen molar-refractivity contribution in [2.45, 2.75) is 46.1 Å². The highest BCUT2D eigenvalue weighted by Crippen LogP contribution is 2.11. The number of rotatable bonds is 8. The van der Waals surface area contributed by atoms with E-state index in [4.69, 9.17) is 0 Å². The molecule has 0 unspecified atom stereocenters. The van der Waals surface area contributed by atoms with Gasteiger partial charge in [0.05, 0.1) is 0 Å². The second-order valence-corrected chi connectivity index (χ2v) is 5.22. The van der Waals surface area contributed by atoms with E-state index in [0.29, 0.717) is 5.82 Å². The summed E-state index contributed by atoms with van der Waals surface area (Å²) in [6.07, 6.45) is 3.82. The molecule has 1 N–H and O–H groups in total. The Hall–Kier alpha value is -2.57. The van der Waals surface area contributed by atoms with Gasteiger partial charge >= 0.3 is 0 Å². The van der Waals surface area contributed by atoms with Gasteiger partial charge in [-0.3, -0.25) is 4.79 Å². The molecule has 7 nitrogen and oxygen atoms in total. The summed E-state index contributed by atoms with van der Waals surface area (Å²) in [5.41, 5.74) is 4.45. The average molecular weight is 314 g/mol. The van der Waals surface area contributed by atoms with Gasteiger partial charge in [-0.25, -0.2) is 5.43 Å². The molecule has 122 valence electrons. The van der Waals surface area contributed by atoms with Gasteiger partial charge in [-0.05, 0) is 18.1 Å². The van der Waals surface area contributed by atoms with Crippen LogP contribution in [0.1, 0.15) is 39.5 Å². The van der Waals surface area contributed by atoms with Gasteiger partial charge < -0.3 is 0 Å². The molecule has 0 fully saturated rings. The highest BCUT2D eigenvalue weighted by atomic mass is 16.2. The van der Waals surface area contributed by atoms with E-state index >= 15 is 0 Å². The maximum atomic E-state index is 11.9. The van der Waals surface area contributed by atoms with Crippen LogP contribution in [0.3, 0.4) is 0 Å². The summed E-state index contributed by atoms with van der Waals surface area (Å²) in [5.74, 6) is 0.242. The van der Waals surface area contributed by atoms with Gasteiger partial charge in [0.15, 0.2) is 0 Å². The van der Waals surface area contributed by atoms with Crippen molar-refractivity contribution < 1.29 is 4.79 Å². The first-order valence-corrected chi connectivity index (χ1v) is 7.90. The molecule has 0 saturated carbocycles. The molecule has 0 radical (unpaired) electrons. The number of aromatic nitrogens is 4. The number of nitrogens with zero attached hydrogens (tertiary/aromatic N) is 5. The summed E-state index contributed by atoms with van der Waals surface area (Å²) in [5, 5.41) is 16.3. The fraction of sp³-hybridized carbons (Fsp3) is 0.438. The zero-order valence-corrected chi connectivity index (χ0v) is 13.6. The second kappa shape index (κ2) is 8.77. The average Bonchev–Trinajstić information content (AvgIpc) is 3.02. The summed E-state index contributed by atoms with van der Waals surface area (Å²) < 4.78 is 0. The van der Waals surface area contributed by atoms with Gasteiger partial charge in [0, 0.05) is 11.3 Å². The molecule has 0 aliphatic heterocycles. The lowest BCUT2D eigenvalue weighted by Gasteiger charge is -2.04. The van der Waals surface area contributed by atoms with Gasteiger partial charge in [-0.1, -0.05) is 57.0 Å².